The Kier molecular flexibility index (Phi) is 10.8. The fourth-order valence-electron chi connectivity index (χ4n) is 0.229. The molecule has 0 spiro atoms. The zero-order valence-electron chi connectivity index (χ0n) is 7.23. The third kappa shape index (κ3) is 14.3. The minimum absolute atomic E-state index is 0.0417. The van der Waals surface area contributed by atoms with Gasteiger partial charge in [-0.1, -0.05) is 0 Å². The van der Waals surface area contributed by atoms with Crippen molar-refractivity contribution >= 4 is 28.0 Å². The summed E-state index contributed by atoms with van der Waals surface area (Å²) < 4.78 is 0. The number of nitrogens with two attached hydrogens (primary N) is 1. The van der Waals surface area contributed by atoms with E-state index in [1.807, 2.05) is 0 Å². The first kappa shape index (κ1) is 14.9. The quantitative estimate of drug-likeness (QED) is 0.434. The summed E-state index contributed by atoms with van der Waals surface area (Å²) in [6, 6.07) is -0.708. The first-order chi connectivity index (χ1) is 5.95. The summed E-state index contributed by atoms with van der Waals surface area (Å²) in [5, 5.41) is 18.8. The van der Waals surface area contributed by atoms with E-state index in [2.05, 4.69) is 21.3 Å². The Morgan fingerprint density at radius 3 is 2.00 bits per heavy atom. The molecule has 0 aromatic rings. The van der Waals surface area contributed by atoms with E-state index in [9.17, 15) is 9.59 Å². The van der Waals surface area contributed by atoms with Gasteiger partial charge in [-0.25, -0.2) is 0 Å². The molecule has 0 saturated heterocycles. The molecule has 1 atom stereocenters. The molecular formula is C6H14N2O4Se. The molecular weight excluding hydrogens is 243 g/mol. The van der Waals surface area contributed by atoms with Crippen LogP contribution in [-0.4, -0.2) is 57.8 Å². The van der Waals surface area contributed by atoms with E-state index in [1.165, 1.54) is 0 Å². The van der Waals surface area contributed by atoms with E-state index in [0.717, 1.165) is 0 Å². The van der Waals surface area contributed by atoms with Gasteiger partial charge in [0.1, 0.15) is 0 Å². The summed E-state index contributed by atoms with van der Waals surface area (Å²) in [4.78, 5) is 19.3. The first-order valence-electron chi connectivity index (χ1n) is 3.41. The van der Waals surface area contributed by atoms with Gasteiger partial charge in [0, 0.05) is 0 Å². The van der Waals surface area contributed by atoms with Crippen LogP contribution in [0.25, 0.3) is 0 Å². The Hall–Kier alpha value is -0.621. The number of aliphatic carboxylic acids is 2. The van der Waals surface area contributed by atoms with E-state index in [4.69, 9.17) is 15.9 Å². The van der Waals surface area contributed by atoms with E-state index >= 15 is 0 Å². The minimum atomic E-state index is -0.944. The van der Waals surface area contributed by atoms with Gasteiger partial charge in [-0.2, -0.15) is 0 Å². The second kappa shape index (κ2) is 9.47. The Bertz CT molecular complexity index is 165. The van der Waals surface area contributed by atoms with Gasteiger partial charge in [0.15, 0.2) is 0 Å². The Balaban J connectivity index is 0. The number of carboxylic acid groups (broad SMARTS) is 2. The van der Waals surface area contributed by atoms with Gasteiger partial charge in [0.25, 0.3) is 0 Å². The summed E-state index contributed by atoms with van der Waals surface area (Å²) in [6.07, 6.45) is 0. The van der Waals surface area contributed by atoms with Gasteiger partial charge in [-0.05, 0) is 7.05 Å². The fraction of sp³-hybridized carbons (Fsp3) is 0.667. The molecule has 0 aliphatic carbocycles. The molecule has 0 saturated carbocycles. The van der Waals surface area contributed by atoms with Gasteiger partial charge >= 0.3 is 54.9 Å². The van der Waals surface area contributed by atoms with Crippen molar-refractivity contribution in [3.63, 3.8) is 0 Å². The van der Waals surface area contributed by atoms with Crippen molar-refractivity contribution in [2.75, 3.05) is 13.6 Å². The van der Waals surface area contributed by atoms with Crippen molar-refractivity contribution in [3.8, 4) is 0 Å². The molecule has 0 aliphatic rings. The van der Waals surface area contributed by atoms with Gasteiger partial charge in [-0.15, -0.1) is 0 Å². The van der Waals surface area contributed by atoms with Crippen LogP contribution in [0.4, 0.5) is 0 Å². The van der Waals surface area contributed by atoms with Gasteiger partial charge in [0.2, 0.25) is 0 Å². The molecule has 0 radical (unpaired) electrons. The number of hydrogen-bond acceptors (Lipinski definition) is 4. The molecule has 0 bridgehead atoms. The van der Waals surface area contributed by atoms with Crippen LogP contribution in [0.5, 0.6) is 0 Å². The van der Waals surface area contributed by atoms with Crippen molar-refractivity contribution in [1.29, 1.82) is 0 Å². The molecule has 0 fully saturated rings. The molecule has 78 valence electrons. The van der Waals surface area contributed by atoms with E-state index in [0.29, 0.717) is 5.32 Å². The SMILES string of the molecule is CNCC(=O)O.N[C@@H](C[SeH])C(=O)O. The maximum absolute atomic E-state index is 9.80. The van der Waals surface area contributed by atoms with Crippen molar-refractivity contribution in [3.05, 3.63) is 0 Å². The van der Waals surface area contributed by atoms with Crippen LogP contribution in [0.3, 0.4) is 0 Å². The van der Waals surface area contributed by atoms with Crippen molar-refractivity contribution < 1.29 is 19.8 Å². The summed E-state index contributed by atoms with van der Waals surface area (Å²) >= 11 is 2.13. The van der Waals surface area contributed by atoms with Crippen LogP contribution in [0, 0.1) is 0 Å². The zero-order valence-corrected chi connectivity index (χ0v) is 9.10. The predicted octanol–water partition coefficient (Wildman–Crippen LogP) is -1.99. The topological polar surface area (TPSA) is 113 Å². The van der Waals surface area contributed by atoms with Gasteiger partial charge in [-0.3, -0.25) is 4.79 Å². The molecule has 7 heteroatoms. The van der Waals surface area contributed by atoms with Crippen LogP contribution >= 0.6 is 0 Å². The average molecular weight is 257 g/mol. The van der Waals surface area contributed by atoms with Crippen LogP contribution in [0.2, 0.25) is 5.32 Å². The van der Waals surface area contributed by atoms with Crippen molar-refractivity contribution in [1.82, 2.24) is 5.32 Å². The number of carbonyl (C=O) groups is 2. The average Bonchev–Trinajstić information content (AvgIpc) is 2.03. The molecule has 0 aromatic heterocycles. The molecule has 5 N–H and O–H groups in total. The monoisotopic (exact) mass is 258 g/mol. The number of nitrogens with one attached hydrogen (secondary N) is 1. The summed E-state index contributed by atoms with van der Waals surface area (Å²) in [6.45, 7) is 0.0417. The Morgan fingerprint density at radius 2 is 2.00 bits per heavy atom. The second-order valence-corrected chi connectivity index (χ2v) is 2.82. The van der Waals surface area contributed by atoms with Gasteiger partial charge in [0.05, 0.1) is 6.54 Å². The zero-order chi connectivity index (χ0) is 10.9. The molecule has 0 heterocycles. The second-order valence-electron chi connectivity index (χ2n) is 2.05. The molecule has 6 nitrogen and oxygen atoms in total. The van der Waals surface area contributed by atoms with Crippen molar-refractivity contribution in [2.24, 2.45) is 5.73 Å². The molecule has 13 heavy (non-hydrogen) atoms. The molecule has 0 unspecified atom stereocenters. The predicted molar refractivity (Wildman–Crippen MR) is 49.1 cm³/mol. The third-order valence-corrected chi connectivity index (χ3v) is 1.67. The molecule has 0 aromatic carbocycles. The fourth-order valence-corrected chi connectivity index (χ4v) is 0.557. The molecule has 0 rings (SSSR count). The summed E-state index contributed by atoms with van der Waals surface area (Å²) in [7, 11) is 1.59. The third-order valence-electron chi connectivity index (χ3n) is 0.842. The number of carboxylic acids is 2. The van der Waals surface area contributed by atoms with Crippen LogP contribution in [0.1, 0.15) is 0 Å². The van der Waals surface area contributed by atoms with Crippen LogP contribution < -0.4 is 11.1 Å². The Morgan fingerprint density at radius 1 is 1.54 bits per heavy atom. The molecule has 0 aliphatic heterocycles. The first-order valence-corrected chi connectivity index (χ1v) is 4.74. The van der Waals surface area contributed by atoms with E-state index in [1.54, 1.807) is 7.05 Å². The van der Waals surface area contributed by atoms with Crippen LogP contribution in [0.15, 0.2) is 0 Å². The summed E-state index contributed by atoms with van der Waals surface area (Å²) in [5.41, 5.74) is 5.00. The summed E-state index contributed by atoms with van der Waals surface area (Å²) in [5.74, 6) is -1.77. The van der Waals surface area contributed by atoms with Crippen molar-refractivity contribution in [2.45, 2.75) is 11.4 Å². The normalized spacial score (nSPS) is 11.0. The number of rotatable bonds is 4. The number of hydrogen-bond donors (Lipinski definition) is 4. The van der Waals surface area contributed by atoms with Crippen LogP contribution in [-0.2, 0) is 9.59 Å². The molecule has 0 amide bonds. The van der Waals surface area contributed by atoms with E-state index in [-0.39, 0.29) is 6.54 Å². The van der Waals surface area contributed by atoms with Gasteiger partial charge < -0.3 is 10.4 Å². The standard InChI is InChI=1S/C3H7NO2Se.C3H7NO2/c4-2(1-7)3(5)6;1-4-2-3(5)6/h2,7H,1,4H2,(H,5,6);4H,2H2,1H3,(H,5,6)/t2-;/m0./s1. The number of likely N-dealkylation sites (N-methyl/N-ethyl adjacent to an activating group) is 1. The Labute approximate surface area is 84.3 Å². The maximum atomic E-state index is 9.80. The van der Waals surface area contributed by atoms with E-state index < -0.39 is 18.0 Å².